The topological polar surface area (TPSA) is 78.3 Å². The molecule has 1 aliphatic carbocycles. The van der Waals surface area contributed by atoms with Crippen LogP contribution >= 0.6 is 11.6 Å². The number of anilines is 1. The fraction of sp³-hybridized carbons (Fsp3) is 0.258. The van der Waals surface area contributed by atoms with Crippen molar-refractivity contribution in [1.29, 1.82) is 0 Å². The van der Waals surface area contributed by atoms with E-state index < -0.39 is 6.04 Å². The van der Waals surface area contributed by atoms with E-state index >= 15 is 0 Å². The van der Waals surface area contributed by atoms with Crippen LogP contribution in [0.25, 0.3) is 11.4 Å². The number of ketones is 1. The number of nitrogens with zero attached hydrogens (tertiary/aromatic N) is 3. The molecule has 2 heterocycles. The van der Waals surface area contributed by atoms with E-state index in [9.17, 15) is 4.79 Å². The Morgan fingerprint density at radius 3 is 2.62 bits per heavy atom. The first-order valence-corrected chi connectivity index (χ1v) is 13.3. The Morgan fingerprint density at radius 1 is 1.03 bits per heavy atom. The highest BCUT2D eigenvalue weighted by Gasteiger charge is 2.42. The van der Waals surface area contributed by atoms with Crippen LogP contribution < -0.4 is 14.8 Å². The van der Waals surface area contributed by atoms with E-state index in [1.54, 1.807) is 11.8 Å². The van der Waals surface area contributed by atoms with E-state index in [-0.39, 0.29) is 11.2 Å². The zero-order valence-electron chi connectivity index (χ0n) is 22.1. The maximum Gasteiger partial charge on any atom is 0.226 e. The fourth-order valence-electron chi connectivity index (χ4n) is 5.38. The van der Waals surface area contributed by atoms with E-state index in [0.29, 0.717) is 46.9 Å². The molecule has 2 aliphatic rings. The molecule has 0 fully saturated rings. The van der Waals surface area contributed by atoms with Gasteiger partial charge in [0.1, 0.15) is 12.6 Å². The summed E-state index contributed by atoms with van der Waals surface area (Å²) in [5.41, 5.74) is 4.18. The Hall–Kier alpha value is -4.10. The summed E-state index contributed by atoms with van der Waals surface area (Å²) >= 11 is 6.25. The van der Waals surface area contributed by atoms with Crippen molar-refractivity contribution in [3.05, 3.63) is 100 Å². The highest BCUT2D eigenvalue weighted by atomic mass is 35.5. The molecule has 7 nitrogen and oxygen atoms in total. The number of aromatic nitrogens is 3. The van der Waals surface area contributed by atoms with Gasteiger partial charge in [0.15, 0.2) is 23.1 Å². The number of hydrogen-bond donors (Lipinski definition) is 1. The molecule has 1 atom stereocenters. The van der Waals surface area contributed by atoms with Gasteiger partial charge >= 0.3 is 0 Å². The van der Waals surface area contributed by atoms with Gasteiger partial charge in [-0.05, 0) is 47.2 Å². The lowest BCUT2D eigenvalue weighted by molar-refractivity contribution is -0.118. The van der Waals surface area contributed by atoms with E-state index in [4.69, 9.17) is 31.2 Å². The Bertz CT molecular complexity index is 1590. The molecule has 1 aliphatic heterocycles. The van der Waals surface area contributed by atoms with Gasteiger partial charge in [-0.15, -0.1) is 5.10 Å². The van der Waals surface area contributed by atoms with Crippen molar-refractivity contribution in [3.8, 4) is 22.9 Å². The smallest absolute Gasteiger partial charge is 0.226 e. The number of rotatable bonds is 6. The van der Waals surface area contributed by atoms with Crippen molar-refractivity contribution < 1.29 is 14.3 Å². The van der Waals surface area contributed by atoms with Crippen LogP contribution in [0.2, 0.25) is 5.02 Å². The molecular formula is C31H29ClN4O3. The quantitative estimate of drug-likeness (QED) is 0.288. The SMILES string of the molecule is COc1cc(C2C3=C(CC(C)(C)CC3=O)Nc3nc(-c4cccc(Cl)c4)nn32)ccc1OCc1ccccc1. The van der Waals surface area contributed by atoms with Gasteiger partial charge in [-0.1, -0.05) is 74.0 Å². The van der Waals surface area contributed by atoms with Gasteiger partial charge in [-0.25, -0.2) is 4.68 Å². The molecule has 0 radical (unpaired) electrons. The predicted octanol–water partition coefficient (Wildman–Crippen LogP) is 6.84. The summed E-state index contributed by atoms with van der Waals surface area (Å²) in [6.45, 7) is 4.65. The Morgan fingerprint density at radius 2 is 1.85 bits per heavy atom. The van der Waals surface area contributed by atoms with Gasteiger partial charge in [-0.3, -0.25) is 4.79 Å². The number of allylic oxidation sites excluding steroid dienone is 2. The summed E-state index contributed by atoms with van der Waals surface area (Å²) in [6, 6.07) is 22.8. The average Bonchev–Trinajstić information content (AvgIpc) is 3.34. The third-order valence-corrected chi connectivity index (χ3v) is 7.39. The summed E-state index contributed by atoms with van der Waals surface area (Å²) in [5, 5.41) is 8.90. The lowest BCUT2D eigenvalue weighted by Crippen LogP contribution is -2.36. The number of nitrogens with one attached hydrogen (secondary N) is 1. The van der Waals surface area contributed by atoms with Crippen LogP contribution in [0, 0.1) is 5.41 Å². The van der Waals surface area contributed by atoms with Crippen LogP contribution in [0.4, 0.5) is 5.95 Å². The molecule has 39 heavy (non-hydrogen) atoms. The fourth-order valence-corrected chi connectivity index (χ4v) is 5.57. The monoisotopic (exact) mass is 540 g/mol. The first-order chi connectivity index (χ1) is 18.8. The zero-order chi connectivity index (χ0) is 27.1. The van der Waals surface area contributed by atoms with Gasteiger partial charge in [0.25, 0.3) is 0 Å². The average molecular weight is 541 g/mol. The molecular weight excluding hydrogens is 512 g/mol. The Labute approximate surface area is 232 Å². The van der Waals surface area contributed by atoms with Crippen molar-refractivity contribution in [2.45, 2.75) is 39.3 Å². The van der Waals surface area contributed by atoms with Gasteiger partial charge in [0.2, 0.25) is 5.95 Å². The number of carbonyl (C=O) groups is 1. The summed E-state index contributed by atoms with van der Waals surface area (Å²) in [4.78, 5) is 18.4. The zero-order valence-corrected chi connectivity index (χ0v) is 22.8. The minimum atomic E-state index is -0.461. The first kappa shape index (κ1) is 25.2. The van der Waals surface area contributed by atoms with Crippen LogP contribution in [0.1, 0.15) is 43.9 Å². The number of hydrogen-bond acceptors (Lipinski definition) is 6. The van der Waals surface area contributed by atoms with Crippen LogP contribution in [0.15, 0.2) is 84.1 Å². The maximum atomic E-state index is 13.6. The Balaban J connectivity index is 1.42. The van der Waals surface area contributed by atoms with Crippen LogP contribution in [-0.2, 0) is 11.4 Å². The third-order valence-electron chi connectivity index (χ3n) is 7.16. The molecule has 198 valence electrons. The number of halogens is 1. The highest BCUT2D eigenvalue weighted by Crippen LogP contribution is 2.46. The molecule has 6 rings (SSSR count). The number of Topliss-reactive ketones (excluding diaryl/α,β-unsaturated/α-hetero) is 1. The Kier molecular flexibility index (Phi) is 6.39. The van der Waals surface area contributed by atoms with Crippen LogP contribution in [0.5, 0.6) is 11.5 Å². The van der Waals surface area contributed by atoms with Crippen molar-refractivity contribution in [3.63, 3.8) is 0 Å². The van der Waals surface area contributed by atoms with Gasteiger partial charge in [-0.2, -0.15) is 4.98 Å². The molecule has 0 amide bonds. The molecule has 8 heteroatoms. The largest absolute Gasteiger partial charge is 0.493 e. The minimum absolute atomic E-state index is 0.104. The van der Waals surface area contributed by atoms with Crippen molar-refractivity contribution in [2.24, 2.45) is 5.41 Å². The van der Waals surface area contributed by atoms with Crippen molar-refractivity contribution >= 4 is 23.3 Å². The summed E-state index contributed by atoms with van der Waals surface area (Å²) in [6.07, 6.45) is 1.20. The number of ether oxygens (including phenoxy) is 2. The van der Waals surface area contributed by atoms with E-state index in [1.165, 1.54) is 0 Å². The normalized spacial score (nSPS) is 17.7. The van der Waals surface area contributed by atoms with Gasteiger partial charge in [0, 0.05) is 28.3 Å². The van der Waals surface area contributed by atoms with E-state index in [2.05, 4.69) is 19.2 Å². The lowest BCUT2D eigenvalue weighted by atomic mass is 9.73. The second-order valence-electron chi connectivity index (χ2n) is 10.8. The van der Waals surface area contributed by atoms with Crippen molar-refractivity contribution in [2.75, 3.05) is 12.4 Å². The van der Waals surface area contributed by atoms with E-state index in [0.717, 1.165) is 28.8 Å². The molecule has 1 unspecified atom stereocenters. The summed E-state index contributed by atoms with van der Waals surface area (Å²) < 4.78 is 13.6. The molecule has 0 spiro atoms. The molecule has 1 aromatic heterocycles. The van der Waals surface area contributed by atoms with Crippen LogP contribution in [-0.4, -0.2) is 27.7 Å². The lowest BCUT2D eigenvalue weighted by Gasteiger charge is -2.38. The van der Waals surface area contributed by atoms with Crippen LogP contribution in [0.3, 0.4) is 0 Å². The predicted molar refractivity (Wildman–Crippen MR) is 151 cm³/mol. The maximum absolute atomic E-state index is 13.6. The number of benzene rings is 3. The van der Waals surface area contributed by atoms with Crippen molar-refractivity contribution in [1.82, 2.24) is 14.8 Å². The molecule has 0 bridgehead atoms. The summed E-state index contributed by atoms with van der Waals surface area (Å²) in [5.74, 6) is 2.44. The van der Waals surface area contributed by atoms with Gasteiger partial charge in [0.05, 0.1) is 7.11 Å². The van der Waals surface area contributed by atoms with Gasteiger partial charge < -0.3 is 14.8 Å². The standard InChI is InChI=1S/C31H29ClN4O3/c1-31(2)16-23-27(24(37)17-31)28(36-30(33-23)34-29(35-36)21-10-7-11-22(32)14-21)20-12-13-25(26(15-20)38-3)39-18-19-8-5-4-6-9-19/h4-15,28H,16-18H2,1-3H3,(H,33,34,35). The molecule has 3 aromatic carbocycles. The second-order valence-corrected chi connectivity index (χ2v) is 11.2. The number of fused-ring (bicyclic) bond motifs is 1. The molecule has 1 N–H and O–H groups in total. The third kappa shape index (κ3) is 4.90. The summed E-state index contributed by atoms with van der Waals surface area (Å²) in [7, 11) is 1.62. The molecule has 0 saturated carbocycles. The second kappa shape index (κ2) is 9.89. The minimum Gasteiger partial charge on any atom is -0.493 e. The first-order valence-electron chi connectivity index (χ1n) is 12.9. The number of methoxy groups -OCH3 is 1. The highest BCUT2D eigenvalue weighted by molar-refractivity contribution is 6.30. The molecule has 4 aromatic rings. The van der Waals surface area contributed by atoms with E-state index in [1.807, 2.05) is 72.8 Å². The number of carbonyl (C=O) groups excluding carboxylic acids is 1. The molecule has 0 saturated heterocycles.